The van der Waals surface area contributed by atoms with Crippen LogP contribution in [0.2, 0.25) is 0 Å². The van der Waals surface area contributed by atoms with Crippen LogP contribution < -0.4 is 10.1 Å². The van der Waals surface area contributed by atoms with Crippen LogP contribution in [0.1, 0.15) is 15.9 Å². The molecule has 1 aliphatic heterocycles. The first-order chi connectivity index (χ1) is 17.2. The number of nitrogens with one attached hydrogen (secondary N) is 1. The molecule has 184 valence electrons. The van der Waals surface area contributed by atoms with Crippen LogP contribution in [0.15, 0.2) is 84.3 Å². The SMILES string of the molecule is C=CCN1C(=O)/C(=C/c2ccc(O[C@@H](NC(=O)c3cccc4ccccc34)C(Cl)(Cl)Cl)cc2)SC1=S. The molecule has 1 aliphatic rings. The highest BCUT2D eigenvalue weighted by Crippen LogP contribution is 2.34. The van der Waals surface area contributed by atoms with E-state index < -0.39 is 15.9 Å². The number of ether oxygens (including phenoxy) is 1. The van der Waals surface area contributed by atoms with Crippen molar-refractivity contribution in [3.05, 3.63) is 95.4 Å². The van der Waals surface area contributed by atoms with Crippen molar-refractivity contribution in [1.82, 2.24) is 10.2 Å². The minimum absolute atomic E-state index is 0.169. The molecule has 10 heteroatoms. The van der Waals surface area contributed by atoms with Gasteiger partial charge < -0.3 is 10.1 Å². The second-order valence-corrected chi connectivity index (χ2v) is 11.7. The monoisotopic (exact) mass is 576 g/mol. The largest absolute Gasteiger partial charge is 0.466 e. The topological polar surface area (TPSA) is 58.6 Å². The fourth-order valence-corrected chi connectivity index (χ4v) is 5.09. The lowest BCUT2D eigenvalue weighted by molar-refractivity contribution is -0.121. The van der Waals surface area contributed by atoms with E-state index >= 15 is 0 Å². The van der Waals surface area contributed by atoms with Gasteiger partial charge in [-0.2, -0.15) is 0 Å². The van der Waals surface area contributed by atoms with E-state index in [1.165, 1.54) is 16.7 Å². The third-order valence-electron chi connectivity index (χ3n) is 5.21. The summed E-state index contributed by atoms with van der Waals surface area (Å²) in [5.41, 5.74) is 1.19. The van der Waals surface area contributed by atoms with Crippen LogP contribution in [0.3, 0.4) is 0 Å². The Morgan fingerprint density at radius 1 is 1.11 bits per heavy atom. The fraction of sp³-hybridized carbons (Fsp3) is 0.115. The van der Waals surface area contributed by atoms with Gasteiger partial charge >= 0.3 is 0 Å². The molecule has 0 aromatic heterocycles. The summed E-state index contributed by atoms with van der Waals surface area (Å²) < 4.78 is 4.37. The molecule has 0 bridgehead atoms. The molecule has 0 spiro atoms. The van der Waals surface area contributed by atoms with Crippen LogP contribution in [0.5, 0.6) is 5.75 Å². The van der Waals surface area contributed by atoms with Gasteiger partial charge in [-0.15, -0.1) is 6.58 Å². The number of amides is 2. The van der Waals surface area contributed by atoms with E-state index in [9.17, 15) is 9.59 Å². The van der Waals surface area contributed by atoms with Gasteiger partial charge in [0, 0.05) is 12.1 Å². The van der Waals surface area contributed by atoms with Crippen LogP contribution >= 0.6 is 58.8 Å². The maximum atomic E-state index is 13.1. The number of benzene rings is 3. The minimum Gasteiger partial charge on any atom is -0.466 e. The van der Waals surface area contributed by atoms with Crippen LogP contribution in [-0.4, -0.2) is 37.6 Å². The summed E-state index contributed by atoms with van der Waals surface area (Å²) in [6, 6.07) is 19.7. The minimum atomic E-state index is -1.95. The number of hydrogen-bond acceptors (Lipinski definition) is 5. The average Bonchev–Trinajstić information content (AvgIpc) is 3.11. The van der Waals surface area contributed by atoms with E-state index in [4.69, 9.17) is 51.8 Å². The molecule has 1 atom stereocenters. The summed E-state index contributed by atoms with van der Waals surface area (Å²) in [7, 11) is 0. The number of nitrogens with zero attached hydrogens (tertiary/aromatic N) is 1. The molecule has 1 saturated heterocycles. The number of thioether (sulfide) groups is 1. The van der Waals surface area contributed by atoms with Crippen LogP contribution in [0.25, 0.3) is 16.8 Å². The Bertz CT molecular complexity index is 1370. The lowest BCUT2D eigenvalue weighted by Gasteiger charge is -2.26. The molecule has 5 nitrogen and oxygen atoms in total. The zero-order valence-electron chi connectivity index (χ0n) is 18.6. The highest BCUT2D eigenvalue weighted by Gasteiger charge is 2.37. The van der Waals surface area contributed by atoms with Crippen molar-refractivity contribution in [3.63, 3.8) is 0 Å². The van der Waals surface area contributed by atoms with Crippen LogP contribution in [-0.2, 0) is 4.79 Å². The maximum absolute atomic E-state index is 13.1. The number of halogens is 3. The Hall–Kier alpha value is -2.55. The smallest absolute Gasteiger partial charge is 0.266 e. The standard InChI is InChI=1S/C26H19Cl3N2O3S2/c1-2-14-31-23(33)21(36-25(31)35)15-16-10-12-18(13-11-16)34-24(26(27,28)29)30-22(32)20-9-5-7-17-6-3-4-8-19(17)20/h2-13,15,24H,1,14H2,(H,30,32)/b21-15-/t24-/m1/s1. The van der Waals surface area contributed by atoms with Crippen LogP contribution in [0, 0.1) is 0 Å². The normalized spacial score (nSPS) is 15.9. The predicted molar refractivity (Wildman–Crippen MR) is 153 cm³/mol. The van der Waals surface area contributed by atoms with Crippen molar-refractivity contribution in [2.75, 3.05) is 6.54 Å². The van der Waals surface area contributed by atoms with Gasteiger partial charge in [0.15, 0.2) is 0 Å². The highest BCUT2D eigenvalue weighted by molar-refractivity contribution is 8.26. The van der Waals surface area contributed by atoms with Crippen molar-refractivity contribution >= 4 is 91.8 Å². The molecule has 1 N–H and O–H groups in total. The van der Waals surface area contributed by atoms with E-state index in [-0.39, 0.29) is 5.91 Å². The summed E-state index contributed by atoms with van der Waals surface area (Å²) in [5.74, 6) is -0.250. The second-order valence-electron chi connectivity index (χ2n) is 7.69. The molecular weight excluding hydrogens is 559 g/mol. The Kier molecular flexibility index (Phi) is 8.27. The number of thiocarbonyl (C=S) groups is 1. The number of alkyl halides is 3. The first-order valence-electron chi connectivity index (χ1n) is 10.7. The van der Waals surface area contributed by atoms with Crippen molar-refractivity contribution in [1.29, 1.82) is 0 Å². The van der Waals surface area contributed by atoms with Gasteiger partial charge in [-0.05, 0) is 40.6 Å². The number of carbonyl (C=O) groups is 2. The van der Waals surface area contributed by atoms with Gasteiger partial charge in [0.2, 0.25) is 10.0 Å². The molecule has 2 amide bonds. The zero-order chi connectivity index (χ0) is 25.9. The highest BCUT2D eigenvalue weighted by atomic mass is 35.6. The predicted octanol–water partition coefficient (Wildman–Crippen LogP) is 6.73. The number of carbonyl (C=O) groups excluding carboxylic acids is 2. The van der Waals surface area contributed by atoms with Crippen molar-refractivity contribution in [3.8, 4) is 5.75 Å². The Labute approximate surface area is 233 Å². The van der Waals surface area contributed by atoms with E-state index in [0.717, 1.165) is 16.3 Å². The van der Waals surface area contributed by atoms with Gasteiger partial charge in [0.05, 0.1) is 4.91 Å². The van der Waals surface area contributed by atoms with Gasteiger partial charge in [0.25, 0.3) is 11.8 Å². The molecule has 0 saturated carbocycles. The number of fused-ring (bicyclic) bond motifs is 1. The molecule has 0 aliphatic carbocycles. The van der Waals surface area contributed by atoms with Gasteiger partial charge in [-0.3, -0.25) is 14.5 Å². The quantitative estimate of drug-likeness (QED) is 0.111. The molecule has 1 fully saturated rings. The number of hydrogen-bond donors (Lipinski definition) is 1. The summed E-state index contributed by atoms with van der Waals surface area (Å²) in [4.78, 5) is 27.6. The zero-order valence-corrected chi connectivity index (χ0v) is 22.5. The van der Waals surface area contributed by atoms with Gasteiger partial charge in [0.1, 0.15) is 10.1 Å². The maximum Gasteiger partial charge on any atom is 0.266 e. The lowest BCUT2D eigenvalue weighted by Crippen LogP contribution is -2.47. The van der Waals surface area contributed by atoms with Gasteiger partial charge in [-0.1, -0.05) is 113 Å². The molecule has 3 aromatic carbocycles. The molecule has 1 heterocycles. The summed E-state index contributed by atoms with van der Waals surface area (Å²) >= 11 is 24.9. The van der Waals surface area contributed by atoms with E-state index in [1.54, 1.807) is 48.6 Å². The summed E-state index contributed by atoms with van der Waals surface area (Å²) in [6.07, 6.45) is 2.09. The first kappa shape index (κ1) is 26.5. The number of rotatable bonds is 7. The van der Waals surface area contributed by atoms with Crippen molar-refractivity contribution in [2.45, 2.75) is 10.0 Å². The third-order valence-corrected chi connectivity index (χ3v) is 7.18. The molecule has 4 rings (SSSR count). The first-order valence-corrected chi connectivity index (χ1v) is 13.0. The van der Waals surface area contributed by atoms with E-state index in [1.807, 2.05) is 30.3 Å². The Balaban J connectivity index is 1.50. The molecule has 36 heavy (non-hydrogen) atoms. The van der Waals surface area contributed by atoms with Crippen molar-refractivity contribution in [2.24, 2.45) is 0 Å². The second kappa shape index (κ2) is 11.2. The fourth-order valence-electron chi connectivity index (χ4n) is 3.51. The van der Waals surface area contributed by atoms with Gasteiger partial charge in [-0.25, -0.2) is 0 Å². The van der Waals surface area contributed by atoms with Crippen molar-refractivity contribution < 1.29 is 14.3 Å². The van der Waals surface area contributed by atoms with E-state index in [2.05, 4.69) is 11.9 Å². The van der Waals surface area contributed by atoms with Crippen LogP contribution in [0.4, 0.5) is 0 Å². The average molecular weight is 578 g/mol. The lowest BCUT2D eigenvalue weighted by atomic mass is 10.0. The summed E-state index contributed by atoms with van der Waals surface area (Å²) in [6.45, 7) is 4.01. The molecular formula is C26H19Cl3N2O3S2. The third kappa shape index (κ3) is 6.05. The Morgan fingerprint density at radius 3 is 2.50 bits per heavy atom. The molecule has 0 unspecified atom stereocenters. The molecule has 0 radical (unpaired) electrons. The Morgan fingerprint density at radius 2 is 1.81 bits per heavy atom. The van der Waals surface area contributed by atoms with E-state index in [0.29, 0.717) is 27.1 Å². The molecule has 3 aromatic rings. The summed E-state index contributed by atoms with van der Waals surface area (Å²) in [5, 5.41) is 4.35.